The highest BCUT2D eigenvalue weighted by molar-refractivity contribution is 5.87. The molecule has 4 heterocycles. The number of allylic oxidation sites excluding steroid dienone is 2. The molecule has 8 atom stereocenters. The van der Waals surface area contributed by atoms with Gasteiger partial charge < -0.3 is 39.7 Å². The van der Waals surface area contributed by atoms with E-state index in [1.165, 1.54) is 24.3 Å². The maximum atomic E-state index is 12.4. The molecule has 1 amide bonds. The molecule has 1 spiro atoms. The van der Waals surface area contributed by atoms with Gasteiger partial charge in [0.15, 0.2) is 0 Å². The summed E-state index contributed by atoms with van der Waals surface area (Å²) >= 11 is 0. The number of aliphatic hydroxyl groups excluding tert-OH is 1. The third-order valence-corrected chi connectivity index (χ3v) is 7.79. The highest BCUT2D eigenvalue weighted by Gasteiger charge is 2.51. The van der Waals surface area contributed by atoms with Gasteiger partial charge in [0, 0.05) is 31.1 Å². The molecule has 0 radical (unpaired) electrons. The zero-order valence-electron chi connectivity index (χ0n) is 24.1. The quantitative estimate of drug-likeness (QED) is 0.188. The topological polar surface area (TPSA) is 152 Å². The minimum absolute atomic E-state index is 0.0261. The van der Waals surface area contributed by atoms with Gasteiger partial charge in [0.25, 0.3) is 0 Å². The van der Waals surface area contributed by atoms with Gasteiger partial charge in [-0.15, -0.1) is 4.73 Å². The van der Waals surface area contributed by atoms with Gasteiger partial charge in [-0.1, -0.05) is 36.8 Å². The number of rotatable bonds is 10. The second kappa shape index (κ2) is 13.2. The van der Waals surface area contributed by atoms with Gasteiger partial charge >= 0.3 is 5.97 Å². The molecular formula is C30H42N2O9. The van der Waals surface area contributed by atoms with Crippen LogP contribution in [0.4, 0.5) is 0 Å². The first-order chi connectivity index (χ1) is 19.4. The third-order valence-electron chi connectivity index (χ3n) is 7.79. The molecule has 4 rings (SSSR count). The van der Waals surface area contributed by atoms with Crippen LogP contribution in [0.1, 0.15) is 59.8 Å². The summed E-state index contributed by atoms with van der Waals surface area (Å²) in [6.07, 6.45) is 10.2. The molecule has 0 aliphatic carbocycles. The molecule has 0 aromatic carbocycles. The fourth-order valence-electron chi connectivity index (χ4n) is 5.40. The van der Waals surface area contributed by atoms with Crippen molar-refractivity contribution in [3.05, 3.63) is 48.1 Å². The molecule has 3 aliphatic rings. The van der Waals surface area contributed by atoms with Gasteiger partial charge in [-0.3, -0.25) is 4.79 Å². The highest BCUT2D eigenvalue weighted by atomic mass is 16.7. The second-order valence-corrected chi connectivity index (χ2v) is 11.5. The van der Waals surface area contributed by atoms with E-state index in [4.69, 9.17) is 19.0 Å². The Labute approximate surface area is 240 Å². The van der Waals surface area contributed by atoms with Crippen molar-refractivity contribution in [1.82, 2.24) is 10.0 Å². The fraction of sp³-hybridized carbons (Fsp3) is 0.600. The van der Waals surface area contributed by atoms with E-state index in [1.807, 2.05) is 26.0 Å². The Balaban J connectivity index is 1.26. The predicted molar refractivity (Wildman–Crippen MR) is 149 cm³/mol. The summed E-state index contributed by atoms with van der Waals surface area (Å²) in [6, 6.07) is 2.35. The lowest BCUT2D eigenvalue weighted by atomic mass is 9.88. The van der Waals surface area contributed by atoms with E-state index >= 15 is 0 Å². The van der Waals surface area contributed by atoms with Gasteiger partial charge in [-0.05, 0) is 39.5 Å². The SMILES string of the molecule is CC(C=CC1CC2(CO2)CC(CC(=O)On2c(O)ccc2O)O1)=CCC1OC(C)C(NC(=O)C=CC(C)O)CC1C. The number of carbonyl (C=O) groups excluding carboxylic acids is 2. The number of ether oxygens (including phenoxy) is 3. The molecule has 3 saturated heterocycles. The van der Waals surface area contributed by atoms with E-state index in [9.17, 15) is 24.9 Å². The number of hydrogen-bond acceptors (Lipinski definition) is 9. The lowest BCUT2D eigenvalue weighted by Crippen LogP contribution is -2.50. The van der Waals surface area contributed by atoms with Crippen LogP contribution in [-0.4, -0.2) is 80.7 Å². The predicted octanol–water partition coefficient (Wildman–Crippen LogP) is 2.69. The Bertz CT molecular complexity index is 1150. The summed E-state index contributed by atoms with van der Waals surface area (Å²) < 4.78 is 18.8. The van der Waals surface area contributed by atoms with Crippen molar-refractivity contribution in [1.29, 1.82) is 0 Å². The first-order valence-corrected chi connectivity index (χ1v) is 14.2. The normalized spacial score (nSPS) is 32.9. The monoisotopic (exact) mass is 574 g/mol. The van der Waals surface area contributed by atoms with E-state index in [0.717, 1.165) is 18.4 Å². The molecule has 11 nitrogen and oxygen atoms in total. The Morgan fingerprint density at radius 1 is 1.20 bits per heavy atom. The number of carbonyl (C=O) groups is 2. The summed E-state index contributed by atoms with van der Waals surface area (Å²) in [6.45, 7) is 8.31. The average Bonchev–Trinajstić information content (AvgIpc) is 3.57. The van der Waals surface area contributed by atoms with Crippen LogP contribution in [0.25, 0.3) is 0 Å². The molecule has 3 fully saturated rings. The summed E-state index contributed by atoms with van der Waals surface area (Å²) in [5.74, 6) is -1.38. The molecule has 3 aliphatic heterocycles. The molecule has 0 bridgehead atoms. The van der Waals surface area contributed by atoms with Crippen molar-refractivity contribution in [2.45, 2.75) is 102 Å². The Hall–Kier alpha value is -3.12. The van der Waals surface area contributed by atoms with E-state index in [-0.39, 0.29) is 60.0 Å². The zero-order chi connectivity index (χ0) is 29.7. The van der Waals surface area contributed by atoms with Gasteiger partial charge in [0.2, 0.25) is 17.7 Å². The first kappa shape index (κ1) is 30.8. The summed E-state index contributed by atoms with van der Waals surface area (Å²) in [5.41, 5.74) is 0.759. The van der Waals surface area contributed by atoms with E-state index in [2.05, 4.69) is 18.3 Å². The molecule has 0 saturated carbocycles. The Kier molecular flexibility index (Phi) is 9.96. The van der Waals surface area contributed by atoms with E-state index < -0.39 is 18.2 Å². The summed E-state index contributed by atoms with van der Waals surface area (Å²) in [4.78, 5) is 29.6. The van der Waals surface area contributed by atoms with Gasteiger partial charge in [-0.2, -0.15) is 0 Å². The van der Waals surface area contributed by atoms with Crippen LogP contribution in [-0.2, 0) is 23.8 Å². The van der Waals surface area contributed by atoms with E-state index in [1.54, 1.807) is 6.92 Å². The molecule has 4 N–H and O–H groups in total. The van der Waals surface area contributed by atoms with Crippen LogP contribution in [0.15, 0.2) is 48.1 Å². The van der Waals surface area contributed by atoms with Crippen LogP contribution in [0, 0.1) is 5.92 Å². The maximum Gasteiger partial charge on any atom is 0.335 e. The summed E-state index contributed by atoms with van der Waals surface area (Å²) in [7, 11) is 0. The Morgan fingerprint density at radius 3 is 2.56 bits per heavy atom. The number of aromatic hydroxyl groups is 2. The highest BCUT2D eigenvalue weighted by Crippen LogP contribution is 2.43. The number of aromatic nitrogens is 1. The molecule has 226 valence electrons. The number of hydrogen-bond donors (Lipinski definition) is 4. The van der Waals surface area contributed by atoms with Crippen LogP contribution in [0.2, 0.25) is 0 Å². The van der Waals surface area contributed by atoms with Crippen molar-refractivity contribution in [3.8, 4) is 11.8 Å². The van der Waals surface area contributed by atoms with Crippen LogP contribution in [0.3, 0.4) is 0 Å². The lowest BCUT2D eigenvalue weighted by molar-refractivity contribution is -0.151. The molecule has 11 heteroatoms. The molecule has 1 aromatic rings. The van der Waals surface area contributed by atoms with Crippen molar-refractivity contribution < 1.29 is 44.0 Å². The van der Waals surface area contributed by atoms with Gasteiger partial charge in [0.05, 0.1) is 55.2 Å². The van der Waals surface area contributed by atoms with Crippen molar-refractivity contribution in [2.24, 2.45) is 5.92 Å². The number of aliphatic hydroxyl groups is 1. The molecule has 41 heavy (non-hydrogen) atoms. The summed E-state index contributed by atoms with van der Waals surface area (Å²) in [5, 5.41) is 31.7. The molecule has 1 aromatic heterocycles. The largest absolute Gasteiger partial charge is 0.492 e. The number of epoxide rings is 1. The molecule has 8 unspecified atom stereocenters. The third kappa shape index (κ3) is 8.68. The first-order valence-electron chi connectivity index (χ1n) is 14.2. The van der Waals surface area contributed by atoms with Gasteiger partial charge in [0.1, 0.15) is 0 Å². The maximum absolute atomic E-state index is 12.4. The smallest absolute Gasteiger partial charge is 0.335 e. The van der Waals surface area contributed by atoms with Crippen molar-refractivity contribution in [2.75, 3.05) is 6.61 Å². The number of nitrogens with zero attached hydrogens (tertiary/aromatic N) is 1. The van der Waals surface area contributed by atoms with Crippen molar-refractivity contribution in [3.63, 3.8) is 0 Å². The average molecular weight is 575 g/mol. The number of amides is 1. The minimum atomic E-state index is -0.672. The second-order valence-electron chi connectivity index (χ2n) is 11.5. The van der Waals surface area contributed by atoms with Crippen LogP contribution >= 0.6 is 0 Å². The van der Waals surface area contributed by atoms with Gasteiger partial charge in [-0.25, -0.2) is 4.79 Å². The van der Waals surface area contributed by atoms with Crippen molar-refractivity contribution >= 4 is 11.9 Å². The van der Waals surface area contributed by atoms with Crippen LogP contribution < -0.4 is 10.2 Å². The zero-order valence-corrected chi connectivity index (χ0v) is 24.1. The van der Waals surface area contributed by atoms with Crippen LogP contribution in [0.5, 0.6) is 11.8 Å². The standard InChI is InChI=1S/C30H42N2O9/c1-18(6-9-25-19(2)13-24(21(4)39-25)31-26(34)10-7-20(3)33)5-8-22-15-30(17-38-30)16-23(40-22)14-29(37)41-32-27(35)11-12-28(32)36/h5-8,10-12,19-25,33,35-36H,9,13-17H2,1-4H3,(H,31,34). The number of nitrogens with one attached hydrogen (secondary N) is 1. The van der Waals surface area contributed by atoms with E-state index in [0.29, 0.717) is 24.2 Å². The lowest BCUT2D eigenvalue weighted by Gasteiger charge is -2.39. The fourth-order valence-corrected chi connectivity index (χ4v) is 5.40. The Morgan fingerprint density at radius 2 is 1.90 bits per heavy atom. The molecular weight excluding hydrogens is 532 g/mol. The minimum Gasteiger partial charge on any atom is -0.492 e.